The maximum atomic E-state index is 13.0. The number of rotatable bonds is 5. The summed E-state index contributed by atoms with van der Waals surface area (Å²) in [5, 5.41) is 10.6. The van der Waals surface area contributed by atoms with E-state index in [9.17, 15) is 9.18 Å². The second-order valence-electron chi connectivity index (χ2n) is 5.62. The third kappa shape index (κ3) is 3.97. The quantitative estimate of drug-likeness (QED) is 0.766. The van der Waals surface area contributed by atoms with Gasteiger partial charge < -0.3 is 10.2 Å². The largest absolute Gasteiger partial charge is 0.363 e. The van der Waals surface area contributed by atoms with Crippen LogP contribution in [-0.2, 0) is 6.54 Å². The molecule has 0 atom stereocenters. The van der Waals surface area contributed by atoms with Gasteiger partial charge in [0.1, 0.15) is 11.6 Å². The first kappa shape index (κ1) is 16.6. The lowest BCUT2D eigenvalue weighted by molar-refractivity contribution is 0.0946. The molecule has 3 rings (SSSR count). The van der Waals surface area contributed by atoms with Crippen molar-refractivity contribution in [1.29, 1.82) is 0 Å². The maximum Gasteiger partial charge on any atom is 0.273 e. The number of halogens is 1. The third-order valence-corrected chi connectivity index (χ3v) is 3.54. The van der Waals surface area contributed by atoms with Crippen LogP contribution in [0.2, 0.25) is 0 Å². The van der Waals surface area contributed by atoms with Crippen molar-refractivity contribution in [1.82, 2.24) is 25.3 Å². The smallest absolute Gasteiger partial charge is 0.273 e. The van der Waals surface area contributed by atoms with Gasteiger partial charge in [-0.2, -0.15) is 0 Å². The van der Waals surface area contributed by atoms with Crippen LogP contribution in [0.1, 0.15) is 16.1 Å². The molecule has 128 valence electrons. The van der Waals surface area contributed by atoms with Crippen molar-refractivity contribution in [2.75, 3.05) is 19.0 Å². The summed E-state index contributed by atoms with van der Waals surface area (Å²) in [5.74, 6) is 0.141. The number of aromatic nitrogens is 4. The number of pyridine rings is 1. The third-order valence-electron chi connectivity index (χ3n) is 3.54. The summed E-state index contributed by atoms with van der Waals surface area (Å²) in [6.07, 6.45) is 3.20. The van der Waals surface area contributed by atoms with Crippen LogP contribution in [0.5, 0.6) is 0 Å². The number of nitrogens with zero attached hydrogens (tertiary/aromatic N) is 5. The van der Waals surface area contributed by atoms with Crippen molar-refractivity contribution in [2.45, 2.75) is 6.54 Å². The van der Waals surface area contributed by atoms with Crippen molar-refractivity contribution in [3.63, 3.8) is 0 Å². The number of anilines is 1. The molecule has 0 unspecified atom stereocenters. The van der Waals surface area contributed by atoms with Crippen molar-refractivity contribution < 1.29 is 9.18 Å². The lowest BCUT2D eigenvalue weighted by Crippen LogP contribution is -2.23. The van der Waals surface area contributed by atoms with E-state index < -0.39 is 0 Å². The summed E-state index contributed by atoms with van der Waals surface area (Å²) < 4.78 is 14.4. The Morgan fingerprint density at radius 1 is 1.24 bits per heavy atom. The molecule has 3 aromatic rings. The normalized spacial score (nSPS) is 10.5. The highest BCUT2D eigenvalue weighted by atomic mass is 19.1. The highest BCUT2D eigenvalue weighted by Crippen LogP contribution is 2.10. The second kappa shape index (κ2) is 7.08. The lowest BCUT2D eigenvalue weighted by atomic mass is 10.2. The molecule has 0 aliphatic carbocycles. The van der Waals surface area contributed by atoms with E-state index in [2.05, 4.69) is 20.6 Å². The highest BCUT2D eigenvalue weighted by molar-refractivity contribution is 5.91. The zero-order valence-corrected chi connectivity index (χ0v) is 13.8. The van der Waals surface area contributed by atoms with E-state index in [0.29, 0.717) is 12.2 Å². The summed E-state index contributed by atoms with van der Waals surface area (Å²) in [4.78, 5) is 18.3. The van der Waals surface area contributed by atoms with Gasteiger partial charge in [-0.3, -0.25) is 4.79 Å². The van der Waals surface area contributed by atoms with Crippen LogP contribution < -0.4 is 10.2 Å². The van der Waals surface area contributed by atoms with E-state index in [1.54, 1.807) is 18.3 Å². The van der Waals surface area contributed by atoms with Gasteiger partial charge in [-0.05, 0) is 42.0 Å². The van der Waals surface area contributed by atoms with Gasteiger partial charge in [0.05, 0.1) is 11.9 Å². The Kier molecular flexibility index (Phi) is 4.69. The molecule has 25 heavy (non-hydrogen) atoms. The zero-order chi connectivity index (χ0) is 17.8. The predicted molar refractivity (Wildman–Crippen MR) is 91.1 cm³/mol. The number of hydrogen-bond donors (Lipinski definition) is 1. The maximum absolute atomic E-state index is 13.0. The van der Waals surface area contributed by atoms with Crippen LogP contribution in [0.15, 0.2) is 48.8 Å². The molecule has 1 aromatic carbocycles. The van der Waals surface area contributed by atoms with Crippen LogP contribution in [-0.4, -0.2) is 40.0 Å². The first-order valence-electron chi connectivity index (χ1n) is 7.61. The molecule has 0 aliphatic rings. The number of benzene rings is 1. The molecule has 0 fully saturated rings. The van der Waals surface area contributed by atoms with Crippen molar-refractivity contribution in [2.24, 2.45) is 0 Å². The summed E-state index contributed by atoms with van der Waals surface area (Å²) in [6, 6.07) is 9.50. The molecule has 8 heteroatoms. The molecule has 2 aromatic heterocycles. The average molecular weight is 340 g/mol. The highest BCUT2D eigenvalue weighted by Gasteiger charge is 2.11. The Hall–Kier alpha value is -3.29. The second-order valence-corrected chi connectivity index (χ2v) is 5.62. The van der Waals surface area contributed by atoms with E-state index in [-0.39, 0.29) is 17.4 Å². The Balaban J connectivity index is 1.66. The van der Waals surface area contributed by atoms with Gasteiger partial charge in [-0.25, -0.2) is 14.1 Å². The molecule has 0 radical (unpaired) electrons. The molecule has 7 nitrogen and oxygen atoms in total. The fourth-order valence-corrected chi connectivity index (χ4v) is 2.18. The summed E-state index contributed by atoms with van der Waals surface area (Å²) in [6.45, 7) is 0.353. The van der Waals surface area contributed by atoms with Crippen LogP contribution >= 0.6 is 0 Å². The molecular formula is C17H17FN6O. The van der Waals surface area contributed by atoms with Gasteiger partial charge >= 0.3 is 0 Å². The SMILES string of the molecule is CN(C)c1cc(CNC(=O)c2cn(-c3ccc(F)cc3)nn2)ccn1. The van der Waals surface area contributed by atoms with Crippen LogP contribution in [0.25, 0.3) is 5.69 Å². The number of hydrogen-bond acceptors (Lipinski definition) is 5. The number of nitrogens with one attached hydrogen (secondary N) is 1. The Morgan fingerprint density at radius 2 is 2.00 bits per heavy atom. The summed E-state index contributed by atoms with van der Waals surface area (Å²) >= 11 is 0. The molecule has 0 spiro atoms. The fourth-order valence-electron chi connectivity index (χ4n) is 2.18. The van der Waals surface area contributed by atoms with Crippen LogP contribution in [0.3, 0.4) is 0 Å². The first-order chi connectivity index (χ1) is 12.0. The molecule has 0 bridgehead atoms. The molecule has 0 saturated carbocycles. The molecule has 1 N–H and O–H groups in total. The topological polar surface area (TPSA) is 75.9 Å². The van der Waals surface area contributed by atoms with Crippen molar-refractivity contribution in [3.05, 3.63) is 65.9 Å². The monoisotopic (exact) mass is 340 g/mol. The average Bonchev–Trinajstić information content (AvgIpc) is 3.10. The minimum absolute atomic E-state index is 0.186. The molecule has 0 aliphatic heterocycles. The van der Waals surface area contributed by atoms with E-state index in [1.807, 2.05) is 31.1 Å². The Morgan fingerprint density at radius 3 is 2.72 bits per heavy atom. The molecule has 0 saturated heterocycles. The first-order valence-corrected chi connectivity index (χ1v) is 7.61. The Labute approximate surface area is 144 Å². The van der Waals surface area contributed by atoms with Gasteiger partial charge in [0.15, 0.2) is 5.69 Å². The van der Waals surface area contributed by atoms with E-state index in [0.717, 1.165) is 11.4 Å². The standard InChI is InChI=1S/C17H17FN6O/c1-23(2)16-9-12(7-8-19-16)10-20-17(25)15-11-24(22-21-15)14-5-3-13(18)4-6-14/h3-9,11H,10H2,1-2H3,(H,20,25). The van der Waals surface area contributed by atoms with Gasteiger partial charge in [0.25, 0.3) is 5.91 Å². The predicted octanol–water partition coefficient (Wildman–Crippen LogP) is 1.80. The van der Waals surface area contributed by atoms with Crippen LogP contribution in [0.4, 0.5) is 10.2 Å². The van der Waals surface area contributed by atoms with Crippen LogP contribution in [0, 0.1) is 5.82 Å². The van der Waals surface area contributed by atoms with Gasteiger partial charge in [0, 0.05) is 26.8 Å². The van der Waals surface area contributed by atoms with Crippen molar-refractivity contribution >= 4 is 11.7 Å². The van der Waals surface area contributed by atoms with Gasteiger partial charge in [0.2, 0.25) is 0 Å². The van der Waals surface area contributed by atoms with E-state index in [1.165, 1.54) is 23.0 Å². The van der Waals surface area contributed by atoms with Crippen molar-refractivity contribution in [3.8, 4) is 5.69 Å². The minimum Gasteiger partial charge on any atom is -0.363 e. The number of amides is 1. The summed E-state index contributed by atoms with van der Waals surface area (Å²) in [7, 11) is 3.80. The minimum atomic E-state index is -0.337. The summed E-state index contributed by atoms with van der Waals surface area (Å²) in [5.41, 5.74) is 1.74. The molecule has 2 heterocycles. The van der Waals surface area contributed by atoms with E-state index in [4.69, 9.17) is 0 Å². The fraction of sp³-hybridized carbons (Fsp3) is 0.176. The molecular weight excluding hydrogens is 323 g/mol. The van der Waals surface area contributed by atoms with Gasteiger partial charge in [-0.1, -0.05) is 5.21 Å². The van der Waals surface area contributed by atoms with E-state index >= 15 is 0 Å². The van der Waals surface area contributed by atoms with Gasteiger partial charge in [-0.15, -0.1) is 5.10 Å². The Bertz CT molecular complexity index is 875. The molecule has 1 amide bonds. The number of carbonyl (C=O) groups excluding carboxylic acids is 1. The lowest BCUT2D eigenvalue weighted by Gasteiger charge is -2.12. The zero-order valence-electron chi connectivity index (χ0n) is 13.8. The number of carbonyl (C=O) groups is 1.